The van der Waals surface area contributed by atoms with E-state index in [4.69, 9.17) is 10.5 Å². The largest absolute Gasteiger partial charge is 0.373 e. The fourth-order valence-corrected chi connectivity index (χ4v) is 4.43. The highest BCUT2D eigenvalue weighted by atomic mass is 32.1. The van der Waals surface area contributed by atoms with Crippen LogP contribution >= 0.6 is 11.3 Å². The van der Waals surface area contributed by atoms with Crippen LogP contribution in [0.5, 0.6) is 0 Å². The number of amides is 1. The van der Waals surface area contributed by atoms with Crippen molar-refractivity contribution in [2.45, 2.75) is 45.4 Å². The summed E-state index contributed by atoms with van der Waals surface area (Å²) in [5.41, 5.74) is 6.13. The van der Waals surface area contributed by atoms with Gasteiger partial charge in [-0.25, -0.2) is 4.98 Å². The van der Waals surface area contributed by atoms with Gasteiger partial charge in [-0.2, -0.15) is 0 Å². The van der Waals surface area contributed by atoms with Gasteiger partial charge in [0.2, 0.25) is 0 Å². The number of aromatic nitrogens is 1. The quantitative estimate of drug-likeness (QED) is 0.890. The Morgan fingerprint density at radius 3 is 2.58 bits per heavy atom. The molecule has 2 aliphatic heterocycles. The molecule has 0 aliphatic carbocycles. The number of nitrogens with zero attached hydrogens (tertiary/aromatic N) is 3. The molecule has 2 aliphatic rings. The predicted molar refractivity (Wildman–Crippen MR) is 95.1 cm³/mol. The van der Waals surface area contributed by atoms with E-state index in [1.54, 1.807) is 0 Å². The van der Waals surface area contributed by atoms with Crippen molar-refractivity contribution in [2.24, 2.45) is 11.7 Å². The van der Waals surface area contributed by atoms with Crippen molar-refractivity contribution in [3.8, 4) is 0 Å². The highest BCUT2D eigenvalue weighted by Crippen LogP contribution is 2.22. The first kappa shape index (κ1) is 17.8. The fraction of sp³-hybridized carbons (Fsp3) is 0.765. The average molecular weight is 353 g/mol. The molecule has 0 spiro atoms. The summed E-state index contributed by atoms with van der Waals surface area (Å²) in [7, 11) is 0. The molecule has 2 saturated heterocycles. The van der Waals surface area contributed by atoms with Gasteiger partial charge in [-0.1, -0.05) is 0 Å². The number of carbonyl (C=O) groups excluding carboxylic acids is 1. The minimum absolute atomic E-state index is 0.0537. The van der Waals surface area contributed by atoms with E-state index < -0.39 is 0 Å². The lowest BCUT2D eigenvalue weighted by Crippen LogP contribution is -2.48. The number of hydrogen-bond acceptors (Lipinski definition) is 6. The fourth-order valence-electron chi connectivity index (χ4n) is 3.78. The molecule has 0 unspecified atom stereocenters. The van der Waals surface area contributed by atoms with Crippen LogP contribution < -0.4 is 5.73 Å². The summed E-state index contributed by atoms with van der Waals surface area (Å²) in [6.45, 7) is 9.50. The topological polar surface area (TPSA) is 71.7 Å². The van der Waals surface area contributed by atoms with Crippen LogP contribution in [0, 0.1) is 5.92 Å². The number of carbonyl (C=O) groups is 1. The van der Waals surface area contributed by atoms with Crippen LogP contribution in [0.1, 0.15) is 42.2 Å². The second-order valence-electron chi connectivity index (χ2n) is 7.04. The number of ether oxygens (including phenoxy) is 1. The van der Waals surface area contributed by atoms with E-state index in [2.05, 4.69) is 23.7 Å². The van der Waals surface area contributed by atoms with Crippen molar-refractivity contribution in [2.75, 3.05) is 32.7 Å². The summed E-state index contributed by atoms with van der Waals surface area (Å²) in [4.78, 5) is 21.3. The molecule has 6 nitrogen and oxygen atoms in total. The summed E-state index contributed by atoms with van der Waals surface area (Å²) >= 11 is 1.46. The van der Waals surface area contributed by atoms with Gasteiger partial charge in [-0.05, 0) is 32.6 Å². The van der Waals surface area contributed by atoms with Crippen LogP contribution in [0.2, 0.25) is 0 Å². The Morgan fingerprint density at radius 1 is 1.33 bits per heavy atom. The second-order valence-corrected chi connectivity index (χ2v) is 7.98. The van der Waals surface area contributed by atoms with Crippen molar-refractivity contribution >= 4 is 17.2 Å². The second kappa shape index (κ2) is 7.91. The van der Waals surface area contributed by atoms with Gasteiger partial charge in [0.15, 0.2) is 0 Å². The summed E-state index contributed by atoms with van der Waals surface area (Å²) in [6, 6.07) is 0. The van der Waals surface area contributed by atoms with E-state index in [0.717, 1.165) is 50.6 Å². The Labute approximate surface area is 148 Å². The molecule has 0 bridgehead atoms. The Bertz CT molecular complexity index is 547. The van der Waals surface area contributed by atoms with Gasteiger partial charge in [-0.3, -0.25) is 9.69 Å². The lowest BCUT2D eigenvalue weighted by atomic mass is 9.95. The standard InChI is InChI=1S/C17H28N4O2S/c1-12-8-20(9-13(2)23-12)10-14-3-5-21(6-4-14)17(22)15-11-24-16(7-18)19-15/h11-14H,3-10,18H2,1-2H3/t12-,13+. The summed E-state index contributed by atoms with van der Waals surface area (Å²) in [6.07, 6.45) is 2.77. The van der Waals surface area contributed by atoms with Gasteiger partial charge in [0.1, 0.15) is 10.7 Å². The minimum atomic E-state index is 0.0537. The van der Waals surface area contributed by atoms with E-state index in [1.807, 2.05) is 10.3 Å². The van der Waals surface area contributed by atoms with Gasteiger partial charge in [0.05, 0.1) is 12.2 Å². The van der Waals surface area contributed by atoms with Crippen LogP contribution in [0.3, 0.4) is 0 Å². The van der Waals surface area contributed by atoms with E-state index in [9.17, 15) is 4.79 Å². The number of nitrogens with two attached hydrogens (primary N) is 1. The molecule has 0 saturated carbocycles. The molecule has 1 aromatic rings. The zero-order chi connectivity index (χ0) is 17.1. The molecule has 1 aromatic heterocycles. The Morgan fingerprint density at radius 2 is 2.00 bits per heavy atom. The van der Waals surface area contributed by atoms with Gasteiger partial charge in [-0.15, -0.1) is 11.3 Å². The number of morpholine rings is 1. The van der Waals surface area contributed by atoms with Crippen LogP contribution in [-0.2, 0) is 11.3 Å². The summed E-state index contributed by atoms with van der Waals surface area (Å²) < 4.78 is 5.80. The molecule has 1 amide bonds. The predicted octanol–water partition coefficient (Wildman–Crippen LogP) is 1.56. The maximum absolute atomic E-state index is 12.5. The van der Waals surface area contributed by atoms with Crippen molar-refractivity contribution in [1.29, 1.82) is 0 Å². The van der Waals surface area contributed by atoms with Crippen molar-refractivity contribution in [3.63, 3.8) is 0 Å². The molecule has 2 N–H and O–H groups in total. The molecule has 0 aromatic carbocycles. The molecule has 134 valence electrons. The lowest BCUT2D eigenvalue weighted by molar-refractivity contribution is -0.0728. The van der Waals surface area contributed by atoms with Crippen molar-refractivity contribution < 1.29 is 9.53 Å². The van der Waals surface area contributed by atoms with Gasteiger partial charge in [0, 0.05) is 44.6 Å². The molecular formula is C17H28N4O2S. The molecule has 0 radical (unpaired) electrons. The SMILES string of the molecule is C[C@@H]1CN(CC2CCN(C(=O)c3csc(CN)n3)CC2)C[C@H](C)O1. The van der Waals surface area contributed by atoms with Gasteiger partial charge < -0.3 is 15.4 Å². The van der Waals surface area contributed by atoms with Crippen LogP contribution in [0.15, 0.2) is 5.38 Å². The minimum Gasteiger partial charge on any atom is -0.373 e. The molecule has 7 heteroatoms. The van der Waals surface area contributed by atoms with Crippen LogP contribution in [0.4, 0.5) is 0 Å². The van der Waals surface area contributed by atoms with E-state index in [0.29, 0.717) is 30.4 Å². The molecule has 24 heavy (non-hydrogen) atoms. The Hall–Kier alpha value is -1.02. The summed E-state index contributed by atoms with van der Waals surface area (Å²) in [5.74, 6) is 0.722. The number of hydrogen-bond donors (Lipinski definition) is 1. The highest BCUT2D eigenvalue weighted by molar-refractivity contribution is 7.09. The Balaban J connectivity index is 1.47. The Kier molecular flexibility index (Phi) is 5.86. The third kappa shape index (κ3) is 4.33. The van der Waals surface area contributed by atoms with Crippen LogP contribution in [-0.4, -0.2) is 65.6 Å². The first-order valence-electron chi connectivity index (χ1n) is 8.86. The maximum atomic E-state index is 12.5. The first-order valence-corrected chi connectivity index (χ1v) is 9.74. The average Bonchev–Trinajstić information content (AvgIpc) is 3.03. The van der Waals surface area contributed by atoms with Crippen LogP contribution in [0.25, 0.3) is 0 Å². The maximum Gasteiger partial charge on any atom is 0.273 e. The lowest BCUT2D eigenvalue weighted by Gasteiger charge is -2.39. The van der Waals surface area contributed by atoms with Crippen molar-refractivity contribution in [1.82, 2.24) is 14.8 Å². The van der Waals surface area contributed by atoms with E-state index in [-0.39, 0.29) is 5.91 Å². The number of piperidine rings is 1. The van der Waals surface area contributed by atoms with E-state index in [1.165, 1.54) is 11.3 Å². The summed E-state index contributed by atoms with van der Waals surface area (Å²) in [5, 5.41) is 2.65. The molecule has 3 rings (SSSR count). The third-order valence-corrected chi connectivity index (χ3v) is 5.73. The van der Waals surface area contributed by atoms with Gasteiger partial charge >= 0.3 is 0 Å². The monoisotopic (exact) mass is 352 g/mol. The van der Waals surface area contributed by atoms with Crippen molar-refractivity contribution in [3.05, 3.63) is 16.1 Å². The molecule has 3 heterocycles. The number of likely N-dealkylation sites (tertiary alicyclic amines) is 1. The van der Waals surface area contributed by atoms with E-state index >= 15 is 0 Å². The van der Waals surface area contributed by atoms with Gasteiger partial charge in [0.25, 0.3) is 5.91 Å². The molecule has 2 atom stereocenters. The zero-order valence-electron chi connectivity index (χ0n) is 14.6. The number of rotatable bonds is 4. The molecular weight excluding hydrogens is 324 g/mol. The normalized spacial score (nSPS) is 26.7. The smallest absolute Gasteiger partial charge is 0.273 e. The zero-order valence-corrected chi connectivity index (χ0v) is 15.4. The molecule has 2 fully saturated rings. The number of thiazole rings is 1. The highest BCUT2D eigenvalue weighted by Gasteiger charge is 2.28. The third-order valence-electron chi connectivity index (χ3n) is 4.86. The first-order chi connectivity index (χ1) is 11.5.